The standard InChI is InChI=1S/C32H21FN4O6S2/c33-20-8-5-18(6-9-20)25-26-27(30(40)36(29(26)39)22-11-13-23(14-12-22)37(42)43)44-31-28(25)45-32(41)35(31)16-24(38)34-21-10-7-17-3-1-2-4-19(17)15-21/h1-15,25-27H,16H2,(H,34,38). The number of hydrogen-bond donors (Lipinski definition) is 1. The number of nitrogens with zero attached hydrogens (tertiary/aromatic N) is 3. The lowest BCUT2D eigenvalue weighted by atomic mass is 9.83. The second-order valence-electron chi connectivity index (χ2n) is 10.6. The summed E-state index contributed by atoms with van der Waals surface area (Å²) < 4.78 is 15.2. The first kappa shape index (κ1) is 28.6. The number of halogens is 1. The Morgan fingerprint density at radius 3 is 2.33 bits per heavy atom. The molecule has 0 bridgehead atoms. The van der Waals surface area contributed by atoms with Crippen molar-refractivity contribution in [3.05, 3.63) is 127 Å². The smallest absolute Gasteiger partial charge is 0.308 e. The summed E-state index contributed by atoms with van der Waals surface area (Å²) in [6, 6.07) is 23.8. The fourth-order valence-electron chi connectivity index (χ4n) is 5.87. The number of hydrogen-bond acceptors (Lipinski definition) is 8. The summed E-state index contributed by atoms with van der Waals surface area (Å²) in [4.78, 5) is 66.0. The Balaban J connectivity index is 1.25. The quantitative estimate of drug-likeness (QED) is 0.146. The molecule has 0 spiro atoms. The molecule has 3 atom stereocenters. The van der Waals surface area contributed by atoms with Gasteiger partial charge >= 0.3 is 4.87 Å². The zero-order valence-electron chi connectivity index (χ0n) is 23.1. The van der Waals surface area contributed by atoms with Crippen molar-refractivity contribution in [2.24, 2.45) is 5.92 Å². The van der Waals surface area contributed by atoms with Crippen molar-refractivity contribution in [1.82, 2.24) is 4.57 Å². The zero-order valence-corrected chi connectivity index (χ0v) is 24.7. The molecule has 1 N–H and O–H groups in total. The first-order valence-electron chi connectivity index (χ1n) is 13.8. The molecule has 0 saturated carbocycles. The van der Waals surface area contributed by atoms with Gasteiger partial charge in [0.05, 0.1) is 21.6 Å². The van der Waals surface area contributed by atoms with E-state index in [0.717, 1.165) is 38.8 Å². The highest BCUT2D eigenvalue weighted by atomic mass is 32.2. The molecule has 3 unspecified atom stereocenters. The van der Waals surface area contributed by atoms with Crippen LogP contribution >= 0.6 is 23.1 Å². The van der Waals surface area contributed by atoms with Gasteiger partial charge in [0.1, 0.15) is 17.6 Å². The van der Waals surface area contributed by atoms with E-state index < -0.39 is 50.4 Å². The zero-order chi connectivity index (χ0) is 31.4. The fourth-order valence-corrected chi connectivity index (χ4v) is 8.65. The number of carbonyl (C=O) groups excluding carboxylic acids is 3. The number of fused-ring (bicyclic) bond motifs is 3. The Labute approximate surface area is 262 Å². The Morgan fingerprint density at radius 2 is 1.62 bits per heavy atom. The molecular weight excluding hydrogens is 620 g/mol. The van der Waals surface area contributed by atoms with Crippen molar-refractivity contribution in [3.8, 4) is 0 Å². The van der Waals surface area contributed by atoms with Crippen LogP contribution in [-0.4, -0.2) is 32.5 Å². The second-order valence-corrected chi connectivity index (χ2v) is 12.7. The van der Waals surface area contributed by atoms with Gasteiger partial charge in [-0.1, -0.05) is 65.6 Å². The summed E-state index contributed by atoms with van der Waals surface area (Å²) in [5.74, 6) is -3.73. The average molecular weight is 641 g/mol. The van der Waals surface area contributed by atoms with E-state index in [1.165, 1.54) is 53.1 Å². The number of nitro groups is 1. The minimum Gasteiger partial charge on any atom is -0.325 e. The van der Waals surface area contributed by atoms with E-state index in [-0.39, 0.29) is 17.9 Å². The number of amides is 3. The molecule has 1 fully saturated rings. The normalized spacial score (nSPS) is 19.0. The second kappa shape index (κ2) is 11.1. The third kappa shape index (κ3) is 4.99. The largest absolute Gasteiger partial charge is 0.325 e. The van der Waals surface area contributed by atoms with E-state index in [4.69, 9.17) is 0 Å². The van der Waals surface area contributed by atoms with Gasteiger partial charge in [-0.25, -0.2) is 9.29 Å². The maximum Gasteiger partial charge on any atom is 0.308 e. The molecule has 13 heteroatoms. The minimum atomic E-state index is -0.959. The molecule has 1 saturated heterocycles. The number of non-ortho nitro benzene ring substituents is 1. The number of aromatic nitrogens is 1. The Kier molecular flexibility index (Phi) is 7.06. The molecule has 3 heterocycles. The van der Waals surface area contributed by atoms with Crippen LogP contribution in [0.3, 0.4) is 0 Å². The van der Waals surface area contributed by atoms with Crippen LogP contribution in [0.1, 0.15) is 16.4 Å². The van der Waals surface area contributed by atoms with Crippen molar-refractivity contribution in [2.75, 3.05) is 10.2 Å². The summed E-state index contributed by atoms with van der Waals surface area (Å²) in [5.41, 5.74) is 1.08. The highest BCUT2D eigenvalue weighted by Gasteiger charge is 2.56. The van der Waals surface area contributed by atoms with Gasteiger partial charge in [-0.2, -0.15) is 0 Å². The van der Waals surface area contributed by atoms with Crippen molar-refractivity contribution in [3.63, 3.8) is 0 Å². The van der Waals surface area contributed by atoms with Crippen molar-refractivity contribution in [1.29, 1.82) is 0 Å². The van der Waals surface area contributed by atoms with Crippen LogP contribution in [0.25, 0.3) is 10.8 Å². The van der Waals surface area contributed by atoms with Gasteiger partial charge < -0.3 is 5.32 Å². The molecule has 224 valence electrons. The maximum atomic E-state index is 13.9. The van der Waals surface area contributed by atoms with Crippen LogP contribution < -0.4 is 15.1 Å². The van der Waals surface area contributed by atoms with Gasteiger partial charge in [-0.05, 0) is 52.7 Å². The number of thiazole rings is 1. The van der Waals surface area contributed by atoms with Gasteiger partial charge in [-0.15, -0.1) is 0 Å². The fraction of sp³-hybridized carbons (Fsp3) is 0.125. The van der Waals surface area contributed by atoms with Gasteiger partial charge in [0, 0.05) is 28.6 Å². The Morgan fingerprint density at radius 1 is 0.911 bits per heavy atom. The van der Waals surface area contributed by atoms with Gasteiger partial charge in [0.2, 0.25) is 17.7 Å². The number of nitro benzene ring substituents is 1. The molecule has 0 aliphatic carbocycles. The maximum absolute atomic E-state index is 13.9. The van der Waals surface area contributed by atoms with E-state index in [0.29, 0.717) is 21.2 Å². The molecule has 3 amide bonds. The number of thioether (sulfide) groups is 1. The lowest BCUT2D eigenvalue weighted by Crippen LogP contribution is -2.33. The number of rotatable bonds is 6. The molecule has 45 heavy (non-hydrogen) atoms. The van der Waals surface area contributed by atoms with E-state index in [1.54, 1.807) is 6.07 Å². The molecule has 10 nitrogen and oxygen atoms in total. The topological polar surface area (TPSA) is 132 Å². The van der Waals surface area contributed by atoms with E-state index >= 15 is 0 Å². The van der Waals surface area contributed by atoms with Gasteiger partial charge in [-0.3, -0.25) is 33.9 Å². The lowest BCUT2D eigenvalue weighted by Gasteiger charge is -2.30. The molecule has 5 aromatic rings. The highest BCUT2D eigenvalue weighted by Crippen LogP contribution is 2.54. The molecule has 2 aliphatic rings. The van der Waals surface area contributed by atoms with Gasteiger partial charge in [0.15, 0.2) is 0 Å². The lowest BCUT2D eigenvalue weighted by molar-refractivity contribution is -0.384. The van der Waals surface area contributed by atoms with E-state index in [9.17, 15) is 33.7 Å². The summed E-state index contributed by atoms with van der Waals surface area (Å²) in [6.07, 6.45) is 0. The van der Waals surface area contributed by atoms with Crippen LogP contribution in [-0.2, 0) is 20.9 Å². The predicted octanol–water partition coefficient (Wildman–Crippen LogP) is 5.54. The number of nitrogens with one attached hydrogen (secondary N) is 1. The number of benzene rings is 4. The van der Waals surface area contributed by atoms with Crippen molar-refractivity contribution >= 4 is 68.7 Å². The minimum absolute atomic E-state index is 0.180. The van der Waals surface area contributed by atoms with Crippen LogP contribution in [0.2, 0.25) is 0 Å². The van der Waals surface area contributed by atoms with Crippen molar-refractivity contribution in [2.45, 2.75) is 22.7 Å². The number of anilines is 2. The van der Waals surface area contributed by atoms with Gasteiger partial charge in [0.25, 0.3) is 5.69 Å². The number of carbonyl (C=O) groups is 3. The molecule has 0 radical (unpaired) electrons. The van der Waals surface area contributed by atoms with E-state index in [1.807, 2.05) is 36.4 Å². The third-order valence-electron chi connectivity index (χ3n) is 7.93. The first-order chi connectivity index (χ1) is 21.7. The summed E-state index contributed by atoms with van der Waals surface area (Å²) in [5, 5.41) is 15.4. The van der Waals surface area contributed by atoms with Crippen LogP contribution in [0, 0.1) is 21.8 Å². The van der Waals surface area contributed by atoms with E-state index in [2.05, 4.69) is 5.32 Å². The molecule has 2 aliphatic heterocycles. The summed E-state index contributed by atoms with van der Waals surface area (Å²) in [7, 11) is 0. The molecular formula is C32H21FN4O6S2. The summed E-state index contributed by atoms with van der Waals surface area (Å²) in [6.45, 7) is -0.327. The van der Waals surface area contributed by atoms with Crippen molar-refractivity contribution < 1.29 is 23.7 Å². The first-order valence-corrected chi connectivity index (χ1v) is 15.5. The molecule has 1 aromatic heterocycles. The SMILES string of the molecule is O=C(Cn1c2c(sc1=O)C(c1ccc(F)cc1)C1C(=O)N(c3ccc([N+](=O)[O-])cc3)C(=O)C1S2)Nc1ccc2ccccc2c1. The highest BCUT2D eigenvalue weighted by molar-refractivity contribution is 8.00. The average Bonchev–Trinajstić information content (AvgIpc) is 3.47. The Hall–Kier alpha value is -5.14. The number of imide groups is 1. The third-order valence-corrected chi connectivity index (χ3v) is 10.5. The Bertz CT molecular complexity index is 2090. The van der Waals surface area contributed by atoms with Crippen LogP contribution in [0.15, 0.2) is 101 Å². The van der Waals surface area contributed by atoms with Crippen LogP contribution in [0.5, 0.6) is 0 Å². The van der Waals surface area contributed by atoms with Crippen LogP contribution in [0.4, 0.5) is 21.5 Å². The summed E-state index contributed by atoms with van der Waals surface area (Å²) >= 11 is 1.93. The monoisotopic (exact) mass is 640 g/mol. The molecule has 7 rings (SSSR count). The predicted molar refractivity (Wildman–Crippen MR) is 168 cm³/mol. The molecule has 4 aromatic carbocycles.